The summed E-state index contributed by atoms with van der Waals surface area (Å²) in [4.78, 5) is 10.1. The number of nitrogens with zero attached hydrogens (tertiary/aromatic N) is 2. The van der Waals surface area contributed by atoms with Crippen LogP contribution in [0.15, 0.2) is 48.8 Å². The molecule has 2 aromatic heterocycles. The molecule has 0 fully saturated rings. The van der Waals surface area contributed by atoms with Crippen LogP contribution in [-0.4, -0.2) is 17.0 Å². The summed E-state index contributed by atoms with van der Waals surface area (Å²) in [6, 6.07) is 12.4. The average Bonchev–Trinajstić information content (AvgIpc) is 2.92. The lowest BCUT2D eigenvalue weighted by atomic mass is 10.1. The topological polar surface area (TPSA) is 37.8 Å². The third-order valence-corrected chi connectivity index (χ3v) is 4.15. The van der Waals surface area contributed by atoms with Gasteiger partial charge >= 0.3 is 0 Å². The number of benzene rings is 1. The number of rotatable bonds is 3. The number of aryl methyl sites for hydroxylation is 1. The molecule has 1 N–H and O–H groups in total. The van der Waals surface area contributed by atoms with Crippen LogP contribution in [0.25, 0.3) is 21.7 Å². The van der Waals surface area contributed by atoms with E-state index >= 15 is 0 Å². The molecule has 4 heteroatoms. The summed E-state index contributed by atoms with van der Waals surface area (Å²) in [6.45, 7) is 2.05. The van der Waals surface area contributed by atoms with Crippen molar-refractivity contribution in [2.75, 3.05) is 12.4 Å². The fourth-order valence-corrected chi connectivity index (χ4v) is 3.02. The summed E-state index contributed by atoms with van der Waals surface area (Å²) in [5.41, 5.74) is 4.40. The maximum atomic E-state index is 4.68. The van der Waals surface area contributed by atoms with Crippen LogP contribution >= 0.6 is 11.3 Å². The lowest BCUT2D eigenvalue weighted by Gasteiger charge is -2.03. The van der Waals surface area contributed by atoms with E-state index in [0.717, 1.165) is 32.4 Å². The van der Waals surface area contributed by atoms with E-state index < -0.39 is 0 Å². The third-order valence-electron chi connectivity index (χ3n) is 3.03. The van der Waals surface area contributed by atoms with Crippen LogP contribution in [0.5, 0.6) is 0 Å². The molecule has 0 atom stereocenters. The molecule has 0 amide bonds. The van der Waals surface area contributed by atoms with Crippen molar-refractivity contribution in [3.8, 4) is 21.7 Å². The molecule has 2 heterocycles. The molecule has 0 radical (unpaired) electrons. The normalized spacial score (nSPS) is 10.5. The molecule has 0 aliphatic rings. The second-order valence-electron chi connectivity index (χ2n) is 4.56. The standard InChI is InChI=1S/C16H15N3S/c1-11-8-13(10-18-9-11)15-14(19-16(17-2)20-15)12-6-4-3-5-7-12/h3-10H,1-2H3,(H,17,19). The van der Waals surface area contributed by atoms with Gasteiger partial charge in [-0.25, -0.2) is 4.98 Å². The van der Waals surface area contributed by atoms with E-state index in [-0.39, 0.29) is 0 Å². The Morgan fingerprint density at radius 2 is 1.85 bits per heavy atom. The second kappa shape index (κ2) is 5.43. The number of aromatic nitrogens is 2. The van der Waals surface area contributed by atoms with Gasteiger partial charge in [-0.05, 0) is 18.6 Å². The van der Waals surface area contributed by atoms with Gasteiger partial charge in [0.1, 0.15) is 0 Å². The maximum Gasteiger partial charge on any atom is 0.183 e. The van der Waals surface area contributed by atoms with Crippen molar-refractivity contribution in [1.29, 1.82) is 0 Å². The van der Waals surface area contributed by atoms with Gasteiger partial charge in [-0.15, -0.1) is 0 Å². The molecule has 0 unspecified atom stereocenters. The molecule has 3 nitrogen and oxygen atoms in total. The monoisotopic (exact) mass is 281 g/mol. The molecule has 1 aromatic carbocycles. The zero-order chi connectivity index (χ0) is 13.9. The SMILES string of the molecule is CNc1nc(-c2ccccc2)c(-c2cncc(C)c2)s1. The Bertz CT molecular complexity index is 720. The van der Waals surface area contributed by atoms with Crippen molar-refractivity contribution in [3.63, 3.8) is 0 Å². The van der Waals surface area contributed by atoms with Crippen molar-refractivity contribution >= 4 is 16.5 Å². The minimum atomic E-state index is 0.917. The van der Waals surface area contributed by atoms with Gasteiger partial charge in [0.05, 0.1) is 10.6 Å². The van der Waals surface area contributed by atoms with Crippen molar-refractivity contribution in [3.05, 3.63) is 54.4 Å². The van der Waals surface area contributed by atoms with E-state index in [0.29, 0.717) is 0 Å². The lowest BCUT2D eigenvalue weighted by molar-refractivity contribution is 1.27. The highest BCUT2D eigenvalue weighted by molar-refractivity contribution is 7.19. The molecule has 0 saturated heterocycles. The zero-order valence-electron chi connectivity index (χ0n) is 11.4. The maximum absolute atomic E-state index is 4.68. The van der Waals surface area contributed by atoms with E-state index in [1.54, 1.807) is 11.3 Å². The number of hydrogen-bond donors (Lipinski definition) is 1. The van der Waals surface area contributed by atoms with Crippen LogP contribution in [0, 0.1) is 6.92 Å². The van der Waals surface area contributed by atoms with Gasteiger partial charge in [0.2, 0.25) is 0 Å². The smallest absolute Gasteiger partial charge is 0.183 e. The number of thiazole rings is 1. The summed E-state index contributed by atoms with van der Waals surface area (Å²) in [7, 11) is 1.89. The molecule has 20 heavy (non-hydrogen) atoms. The van der Waals surface area contributed by atoms with Crippen LogP contribution < -0.4 is 5.32 Å². The summed E-state index contributed by atoms with van der Waals surface area (Å²) in [6.07, 6.45) is 3.76. The Hall–Kier alpha value is -2.20. The molecule has 0 bridgehead atoms. The number of nitrogens with one attached hydrogen (secondary N) is 1. The van der Waals surface area contributed by atoms with Crippen molar-refractivity contribution in [1.82, 2.24) is 9.97 Å². The van der Waals surface area contributed by atoms with Gasteiger partial charge in [-0.2, -0.15) is 0 Å². The Balaban J connectivity index is 2.18. The van der Waals surface area contributed by atoms with E-state index in [4.69, 9.17) is 0 Å². The first-order chi connectivity index (χ1) is 9.78. The first kappa shape index (κ1) is 12.8. The van der Waals surface area contributed by atoms with Crippen molar-refractivity contribution in [2.24, 2.45) is 0 Å². The van der Waals surface area contributed by atoms with Crippen LogP contribution in [0.2, 0.25) is 0 Å². The van der Waals surface area contributed by atoms with Crippen LogP contribution in [0.3, 0.4) is 0 Å². The van der Waals surface area contributed by atoms with Crippen molar-refractivity contribution < 1.29 is 0 Å². The Labute approximate surface area is 122 Å². The molecule has 0 spiro atoms. The fourth-order valence-electron chi connectivity index (χ4n) is 2.09. The van der Waals surface area contributed by atoms with Gasteiger partial charge in [-0.3, -0.25) is 4.98 Å². The highest BCUT2D eigenvalue weighted by Gasteiger charge is 2.14. The minimum absolute atomic E-state index is 0.917. The number of anilines is 1. The zero-order valence-corrected chi connectivity index (χ0v) is 12.2. The summed E-state index contributed by atoms with van der Waals surface area (Å²) in [5, 5.41) is 4.05. The Morgan fingerprint density at radius 3 is 2.55 bits per heavy atom. The minimum Gasteiger partial charge on any atom is -0.365 e. The van der Waals surface area contributed by atoms with Crippen LogP contribution in [0.1, 0.15) is 5.56 Å². The predicted molar refractivity (Wildman–Crippen MR) is 85.1 cm³/mol. The van der Waals surface area contributed by atoms with Crippen LogP contribution in [-0.2, 0) is 0 Å². The fraction of sp³-hybridized carbons (Fsp3) is 0.125. The van der Waals surface area contributed by atoms with E-state index in [1.807, 2.05) is 37.6 Å². The van der Waals surface area contributed by atoms with E-state index in [2.05, 4.69) is 40.4 Å². The molecule has 0 aliphatic carbocycles. The Morgan fingerprint density at radius 1 is 1.05 bits per heavy atom. The summed E-state index contributed by atoms with van der Waals surface area (Å²) < 4.78 is 0. The molecule has 100 valence electrons. The molecule has 0 saturated carbocycles. The predicted octanol–water partition coefficient (Wildman–Crippen LogP) is 4.22. The first-order valence-electron chi connectivity index (χ1n) is 6.44. The lowest BCUT2D eigenvalue weighted by Crippen LogP contribution is -1.86. The highest BCUT2D eigenvalue weighted by atomic mass is 32.1. The Kier molecular flexibility index (Phi) is 3.48. The van der Waals surface area contributed by atoms with Gasteiger partial charge in [0.25, 0.3) is 0 Å². The third kappa shape index (κ3) is 2.42. The van der Waals surface area contributed by atoms with Crippen molar-refractivity contribution in [2.45, 2.75) is 6.92 Å². The van der Waals surface area contributed by atoms with Gasteiger partial charge in [0, 0.05) is 30.6 Å². The van der Waals surface area contributed by atoms with E-state index in [1.165, 1.54) is 0 Å². The highest BCUT2D eigenvalue weighted by Crippen LogP contribution is 2.38. The van der Waals surface area contributed by atoms with Gasteiger partial charge in [0.15, 0.2) is 5.13 Å². The molecule has 3 aromatic rings. The quantitative estimate of drug-likeness (QED) is 0.781. The summed E-state index contributed by atoms with van der Waals surface area (Å²) >= 11 is 1.65. The first-order valence-corrected chi connectivity index (χ1v) is 7.25. The van der Waals surface area contributed by atoms with Gasteiger partial charge in [-0.1, -0.05) is 41.7 Å². The molecule has 3 rings (SSSR count). The van der Waals surface area contributed by atoms with Gasteiger partial charge < -0.3 is 5.32 Å². The molecular formula is C16H15N3S. The largest absolute Gasteiger partial charge is 0.365 e. The average molecular weight is 281 g/mol. The number of pyridine rings is 1. The van der Waals surface area contributed by atoms with Crippen LogP contribution in [0.4, 0.5) is 5.13 Å². The van der Waals surface area contributed by atoms with E-state index in [9.17, 15) is 0 Å². The summed E-state index contributed by atoms with van der Waals surface area (Å²) in [5.74, 6) is 0. The number of hydrogen-bond acceptors (Lipinski definition) is 4. The molecular weight excluding hydrogens is 266 g/mol. The second-order valence-corrected chi connectivity index (χ2v) is 5.56. The molecule has 0 aliphatic heterocycles.